The van der Waals surface area contributed by atoms with E-state index in [1.165, 1.54) is 0 Å². The van der Waals surface area contributed by atoms with Crippen LogP contribution in [0.25, 0.3) is 0 Å². The maximum Gasteiger partial charge on any atom is 0.228 e. The summed E-state index contributed by atoms with van der Waals surface area (Å²) in [5.74, 6) is -0.0173. The molecule has 5 nitrogen and oxygen atoms in total. The summed E-state index contributed by atoms with van der Waals surface area (Å²) in [4.78, 5) is 25.0. The fourth-order valence-corrected chi connectivity index (χ4v) is 3.89. The van der Waals surface area contributed by atoms with Crippen LogP contribution in [-0.4, -0.2) is 11.8 Å². The van der Waals surface area contributed by atoms with E-state index in [4.69, 9.17) is 23.2 Å². The van der Waals surface area contributed by atoms with Crippen LogP contribution in [0.4, 0.5) is 22.7 Å². The molecule has 164 valence electrons. The normalized spacial score (nSPS) is 12.8. The van der Waals surface area contributed by atoms with Crippen LogP contribution in [0, 0.1) is 12.8 Å². The number of para-hydroxylation sites is 2. The van der Waals surface area contributed by atoms with Crippen molar-refractivity contribution in [1.82, 2.24) is 0 Å². The molecule has 7 heteroatoms. The first-order chi connectivity index (χ1) is 15.4. The van der Waals surface area contributed by atoms with Crippen LogP contribution in [0.3, 0.4) is 0 Å². The van der Waals surface area contributed by atoms with Crippen molar-refractivity contribution >= 4 is 57.8 Å². The number of halogens is 2. The minimum atomic E-state index is -0.168. The lowest BCUT2D eigenvalue weighted by atomic mass is 10.1. The predicted octanol–water partition coefficient (Wildman–Crippen LogP) is 6.58. The maximum atomic E-state index is 12.8. The van der Waals surface area contributed by atoms with Crippen molar-refractivity contribution in [3.05, 3.63) is 81.8 Å². The third-order valence-corrected chi connectivity index (χ3v) is 6.03. The topological polar surface area (TPSA) is 70.2 Å². The third kappa shape index (κ3) is 5.23. The lowest BCUT2D eigenvalue weighted by Crippen LogP contribution is -2.18. The molecule has 3 aromatic rings. The van der Waals surface area contributed by atoms with E-state index in [1.54, 1.807) is 18.2 Å². The van der Waals surface area contributed by atoms with E-state index in [0.29, 0.717) is 21.4 Å². The predicted molar refractivity (Wildman–Crippen MR) is 131 cm³/mol. The highest BCUT2D eigenvalue weighted by Crippen LogP contribution is 2.34. The number of hydrogen-bond acceptors (Lipinski definition) is 3. The Labute approximate surface area is 197 Å². The Kier molecular flexibility index (Phi) is 6.68. The Hall–Kier alpha value is -3.02. The summed E-state index contributed by atoms with van der Waals surface area (Å²) in [5.41, 5.74) is 4.36. The van der Waals surface area contributed by atoms with Crippen LogP contribution < -0.4 is 16.0 Å². The van der Waals surface area contributed by atoms with Crippen molar-refractivity contribution in [1.29, 1.82) is 0 Å². The van der Waals surface area contributed by atoms with Gasteiger partial charge in [0, 0.05) is 23.0 Å². The molecule has 1 fully saturated rings. The van der Waals surface area contributed by atoms with Crippen LogP contribution in [0.1, 0.15) is 24.0 Å². The number of carbonyl (C=O) groups excluding carboxylic acids is 2. The summed E-state index contributed by atoms with van der Waals surface area (Å²) >= 11 is 12.6. The van der Waals surface area contributed by atoms with Crippen molar-refractivity contribution in [2.75, 3.05) is 16.0 Å². The summed E-state index contributed by atoms with van der Waals surface area (Å²) in [6, 6.07) is 18.3. The zero-order valence-corrected chi connectivity index (χ0v) is 19.1. The quantitative estimate of drug-likeness (QED) is 0.367. The lowest BCUT2D eigenvalue weighted by molar-refractivity contribution is -0.117. The molecule has 1 aliphatic carbocycles. The van der Waals surface area contributed by atoms with Crippen molar-refractivity contribution in [2.45, 2.75) is 26.2 Å². The van der Waals surface area contributed by atoms with Gasteiger partial charge in [-0.2, -0.15) is 0 Å². The van der Waals surface area contributed by atoms with E-state index >= 15 is 0 Å². The summed E-state index contributed by atoms with van der Waals surface area (Å²) in [6.07, 6.45) is 2.03. The summed E-state index contributed by atoms with van der Waals surface area (Å²) < 4.78 is 0. The molecule has 0 spiro atoms. The largest absolute Gasteiger partial charge is 0.353 e. The van der Waals surface area contributed by atoms with Gasteiger partial charge in [-0.3, -0.25) is 9.59 Å². The highest BCUT2D eigenvalue weighted by atomic mass is 35.5. The Bertz CT molecular complexity index is 1160. The van der Waals surface area contributed by atoms with Crippen molar-refractivity contribution in [3.8, 4) is 0 Å². The first kappa shape index (κ1) is 22.2. The van der Waals surface area contributed by atoms with Crippen LogP contribution in [0.2, 0.25) is 10.0 Å². The second kappa shape index (κ2) is 9.63. The highest BCUT2D eigenvalue weighted by molar-refractivity contribution is 6.39. The fraction of sp³-hybridized carbons (Fsp3) is 0.200. The molecule has 0 aliphatic heterocycles. The van der Waals surface area contributed by atoms with Crippen LogP contribution in [0.5, 0.6) is 0 Å². The average Bonchev–Trinajstić information content (AvgIpc) is 3.60. The smallest absolute Gasteiger partial charge is 0.228 e. The van der Waals surface area contributed by atoms with E-state index in [0.717, 1.165) is 35.3 Å². The Morgan fingerprint density at radius 2 is 1.44 bits per heavy atom. The van der Waals surface area contributed by atoms with Crippen LogP contribution in [0.15, 0.2) is 60.7 Å². The number of amides is 2. The lowest BCUT2D eigenvalue weighted by Gasteiger charge is -2.16. The van der Waals surface area contributed by atoms with E-state index in [9.17, 15) is 9.59 Å². The fourth-order valence-electron chi connectivity index (χ4n) is 3.40. The maximum absolute atomic E-state index is 12.8. The molecule has 0 unspecified atom stereocenters. The van der Waals surface area contributed by atoms with Gasteiger partial charge in [0.15, 0.2) is 0 Å². The Morgan fingerprint density at radius 1 is 0.844 bits per heavy atom. The van der Waals surface area contributed by atoms with Crippen molar-refractivity contribution in [2.24, 2.45) is 5.92 Å². The van der Waals surface area contributed by atoms with Gasteiger partial charge in [-0.1, -0.05) is 53.5 Å². The SMILES string of the molecule is Cc1c(NC(=O)Cc2ccccc2Nc2c(Cl)cccc2Cl)cccc1NC(=O)C1CC1. The van der Waals surface area contributed by atoms with Gasteiger partial charge in [-0.15, -0.1) is 0 Å². The van der Waals surface area contributed by atoms with Gasteiger partial charge in [0.1, 0.15) is 0 Å². The minimum Gasteiger partial charge on any atom is -0.353 e. The highest BCUT2D eigenvalue weighted by Gasteiger charge is 2.29. The van der Waals surface area contributed by atoms with E-state index < -0.39 is 0 Å². The Balaban J connectivity index is 1.48. The number of nitrogens with one attached hydrogen (secondary N) is 3. The first-order valence-corrected chi connectivity index (χ1v) is 11.2. The van der Waals surface area contributed by atoms with Gasteiger partial charge in [0.05, 0.1) is 22.2 Å². The molecule has 3 N–H and O–H groups in total. The number of carbonyl (C=O) groups is 2. The molecular formula is C25H23Cl2N3O2. The second-order valence-corrected chi connectivity index (χ2v) is 8.66. The summed E-state index contributed by atoms with van der Waals surface area (Å²) in [6.45, 7) is 1.88. The molecule has 2 amide bonds. The van der Waals surface area contributed by atoms with Gasteiger partial charge < -0.3 is 16.0 Å². The number of benzene rings is 3. The first-order valence-electron chi connectivity index (χ1n) is 10.4. The van der Waals surface area contributed by atoms with E-state index in [1.807, 2.05) is 49.4 Å². The van der Waals surface area contributed by atoms with E-state index in [-0.39, 0.29) is 24.2 Å². The number of anilines is 4. The van der Waals surface area contributed by atoms with Crippen molar-refractivity contribution in [3.63, 3.8) is 0 Å². The molecule has 1 aliphatic rings. The molecule has 0 bridgehead atoms. The summed E-state index contributed by atoms with van der Waals surface area (Å²) in [5, 5.41) is 10.2. The molecule has 4 rings (SSSR count). The molecule has 0 aromatic heterocycles. The molecule has 0 atom stereocenters. The molecule has 0 radical (unpaired) electrons. The van der Waals surface area contributed by atoms with Gasteiger partial charge in [0.25, 0.3) is 0 Å². The Morgan fingerprint density at radius 3 is 2.12 bits per heavy atom. The van der Waals surface area contributed by atoms with Crippen LogP contribution in [-0.2, 0) is 16.0 Å². The van der Waals surface area contributed by atoms with Gasteiger partial charge in [0.2, 0.25) is 11.8 Å². The zero-order valence-electron chi connectivity index (χ0n) is 17.5. The molecule has 0 heterocycles. The monoisotopic (exact) mass is 467 g/mol. The molecular weight excluding hydrogens is 445 g/mol. The van der Waals surface area contributed by atoms with E-state index in [2.05, 4.69) is 16.0 Å². The molecule has 0 saturated heterocycles. The molecule has 1 saturated carbocycles. The zero-order chi connectivity index (χ0) is 22.7. The minimum absolute atomic E-state index is 0.0369. The summed E-state index contributed by atoms with van der Waals surface area (Å²) in [7, 11) is 0. The molecule has 3 aromatic carbocycles. The average molecular weight is 468 g/mol. The van der Waals surface area contributed by atoms with Gasteiger partial charge >= 0.3 is 0 Å². The number of rotatable bonds is 7. The number of hydrogen-bond donors (Lipinski definition) is 3. The van der Waals surface area contributed by atoms with Crippen molar-refractivity contribution < 1.29 is 9.59 Å². The van der Waals surface area contributed by atoms with Gasteiger partial charge in [-0.25, -0.2) is 0 Å². The van der Waals surface area contributed by atoms with Crippen LogP contribution >= 0.6 is 23.2 Å². The third-order valence-electron chi connectivity index (χ3n) is 5.40. The van der Waals surface area contributed by atoms with Gasteiger partial charge in [-0.05, 0) is 61.2 Å². The second-order valence-electron chi connectivity index (χ2n) is 7.85. The standard InChI is InChI=1S/C25H23Cl2N3O2/c1-15-20(10-5-11-21(15)30-25(32)16-12-13-16)28-23(31)14-17-6-2-3-9-22(17)29-24-18(26)7-4-8-19(24)27/h2-11,16,29H,12-14H2,1H3,(H,28,31)(H,30,32). The molecule has 32 heavy (non-hydrogen) atoms.